The summed E-state index contributed by atoms with van der Waals surface area (Å²) in [5.41, 5.74) is 3.56. The Bertz CT molecular complexity index is 647. The molecule has 0 spiro atoms. The van der Waals surface area contributed by atoms with Crippen LogP contribution >= 0.6 is 0 Å². The zero-order valence-corrected chi connectivity index (χ0v) is 16.4. The summed E-state index contributed by atoms with van der Waals surface area (Å²) in [7, 11) is 0. The molecular weight excluding hydrogens is 318 g/mol. The van der Waals surface area contributed by atoms with Crippen LogP contribution in [0.2, 0.25) is 0 Å². The molecule has 1 aliphatic rings. The Morgan fingerprint density at radius 3 is 2.50 bits per heavy atom. The first-order valence-electron chi connectivity index (χ1n) is 10.5. The van der Waals surface area contributed by atoms with E-state index in [0.717, 1.165) is 48.3 Å². The zero-order valence-electron chi connectivity index (χ0n) is 16.4. The van der Waals surface area contributed by atoms with Gasteiger partial charge in [0.05, 0.1) is 12.3 Å². The molecule has 1 aromatic carbocycles. The molecule has 0 amide bonds. The second kappa shape index (κ2) is 9.75. The van der Waals surface area contributed by atoms with Gasteiger partial charge in [0, 0.05) is 11.8 Å². The normalized spacial score (nSPS) is 20.1. The summed E-state index contributed by atoms with van der Waals surface area (Å²) in [6.45, 7) is 5.24. The number of benzene rings is 1. The van der Waals surface area contributed by atoms with E-state index >= 15 is 0 Å². The molecule has 0 radical (unpaired) electrons. The number of ether oxygens (including phenoxy) is 1. The minimum atomic E-state index is 0.770. The monoisotopic (exact) mass is 351 g/mol. The standard InChI is InChI=1S/C24H33NO/c1-3-16-26-23-13-11-22(12-14-23)24-15-10-21(18-25-24)9-8-20-7-5-6-19(4-2)17-20/h10-15,18-20H,3-9,16-17H2,1-2H3. The molecule has 1 aliphatic carbocycles. The molecule has 1 saturated carbocycles. The van der Waals surface area contributed by atoms with Gasteiger partial charge in [-0.15, -0.1) is 0 Å². The topological polar surface area (TPSA) is 22.1 Å². The maximum Gasteiger partial charge on any atom is 0.119 e. The molecule has 0 N–H and O–H groups in total. The Kier molecular flexibility index (Phi) is 7.11. The van der Waals surface area contributed by atoms with Gasteiger partial charge in [0.25, 0.3) is 0 Å². The van der Waals surface area contributed by atoms with E-state index in [9.17, 15) is 0 Å². The Balaban J connectivity index is 1.53. The number of pyridine rings is 1. The maximum absolute atomic E-state index is 5.65. The highest BCUT2D eigenvalue weighted by molar-refractivity contribution is 5.60. The van der Waals surface area contributed by atoms with E-state index in [1.807, 2.05) is 12.1 Å². The number of nitrogens with zero attached hydrogens (tertiary/aromatic N) is 1. The molecule has 2 heteroatoms. The lowest BCUT2D eigenvalue weighted by atomic mass is 9.78. The molecule has 0 saturated heterocycles. The molecule has 26 heavy (non-hydrogen) atoms. The van der Waals surface area contributed by atoms with Crippen LogP contribution < -0.4 is 4.74 Å². The van der Waals surface area contributed by atoms with Crippen LogP contribution in [0.4, 0.5) is 0 Å². The average Bonchev–Trinajstić information content (AvgIpc) is 2.72. The van der Waals surface area contributed by atoms with Crippen molar-refractivity contribution in [2.75, 3.05) is 6.61 Å². The van der Waals surface area contributed by atoms with Crippen LogP contribution in [-0.4, -0.2) is 11.6 Å². The smallest absolute Gasteiger partial charge is 0.119 e. The van der Waals surface area contributed by atoms with E-state index in [1.54, 1.807) is 0 Å². The molecular formula is C24H33NO. The van der Waals surface area contributed by atoms with Crippen molar-refractivity contribution in [3.05, 3.63) is 48.2 Å². The lowest BCUT2D eigenvalue weighted by Crippen LogP contribution is -2.15. The summed E-state index contributed by atoms with van der Waals surface area (Å²) < 4.78 is 5.65. The molecule has 1 aromatic heterocycles. The molecule has 2 nitrogen and oxygen atoms in total. The average molecular weight is 352 g/mol. The first kappa shape index (κ1) is 18.9. The van der Waals surface area contributed by atoms with E-state index in [0.29, 0.717) is 0 Å². The van der Waals surface area contributed by atoms with E-state index in [-0.39, 0.29) is 0 Å². The third-order valence-corrected chi connectivity index (χ3v) is 5.76. The Morgan fingerprint density at radius 1 is 1.00 bits per heavy atom. The second-order valence-corrected chi connectivity index (χ2v) is 7.77. The lowest BCUT2D eigenvalue weighted by molar-refractivity contribution is 0.250. The molecule has 2 unspecified atom stereocenters. The van der Waals surface area contributed by atoms with E-state index < -0.39 is 0 Å². The van der Waals surface area contributed by atoms with Crippen LogP contribution in [0.1, 0.15) is 64.4 Å². The van der Waals surface area contributed by atoms with Gasteiger partial charge in [-0.05, 0) is 73.4 Å². The summed E-state index contributed by atoms with van der Waals surface area (Å²) in [5.74, 6) is 2.83. The number of hydrogen-bond donors (Lipinski definition) is 0. The molecule has 2 atom stereocenters. The van der Waals surface area contributed by atoms with Gasteiger partial charge in [0.1, 0.15) is 5.75 Å². The largest absolute Gasteiger partial charge is 0.494 e. The Hall–Kier alpha value is -1.83. The first-order chi connectivity index (χ1) is 12.8. The van der Waals surface area contributed by atoms with Crippen molar-refractivity contribution < 1.29 is 4.74 Å². The van der Waals surface area contributed by atoms with Gasteiger partial charge in [0.15, 0.2) is 0 Å². The number of hydrogen-bond acceptors (Lipinski definition) is 2. The first-order valence-corrected chi connectivity index (χ1v) is 10.5. The minimum absolute atomic E-state index is 0.770. The lowest BCUT2D eigenvalue weighted by Gasteiger charge is -2.28. The van der Waals surface area contributed by atoms with Crippen molar-refractivity contribution in [1.29, 1.82) is 0 Å². The predicted molar refractivity (Wildman–Crippen MR) is 110 cm³/mol. The highest BCUT2D eigenvalue weighted by Crippen LogP contribution is 2.33. The minimum Gasteiger partial charge on any atom is -0.494 e. The summed E-state index contributed by atoms with van der Waals surface area (Å²) in [6.07, 6.45) is 12.7. The van der Waals surface area contributed by atoms with Crippen LogP contribution in [0.25, 0.3) is 11.3 Å². The molecule has 1 heterocycles. The van der Waals surface area contributed by atoms with Crippen LogP contribution in [0, 0.1) is 11.8 Å². The highest BCUT2D eigenvalue weighted by atomic mass is 16.5. The van der Waals surface area contributed by atoms with Crippen LogP contribution in [0.5, 0.6) is 5.75 Å². The molecule has 140 valence electrons. The van der Waals surface area contributed by atoms with Crippen molar-refractivity contribution in [2.24, 2.45) is 11.8 Å². The summed E-state index contributed by atoms with van der Waals surface area (Å²) in [6, 6.07) is 12.7. The van der Waals surface area contributed by atoms with Crippen LogP contribution in [0.15, 0.2) is 42.6 Å². The van der Waals surface area contributed by atoms with Crippen molar-refractivity contribution >= 4 is 0 Å². The molecule has 3 rings (SSSR count). The van der Waals surface area contributed by atoms with Crippen molar-refractivity contribution in [3.8, 4) is 17.0 Å². The quantitative estimate of drug-likeness (QED) is 0.529. The van der Waals surface area contributed by atoms with Crippen LogP contribution in [-0.2, 0) is 6.42 Å². The number of aromatic nitrogens is 1. The number of aryl methyl sites for hydroxylation is 1. The van der Waals surface area contributed by atoms with Gasteiger partial charge in [-0.3, -0.25) is 4.98 Å². The second-order valence-electron chi connectivity index (χ2n) is 7.77. The molecule has 2 aromatic rings. The van der Waals surface area contributed by atoms with Crippen molar-refractivity contribution in [2.45, 2.75) is 65.2 Å². The van der Waals surface area contributed by atoms with E-state index in [4.69, 9.17) is 9.72 Å². The highest BCUT2D eigenvalue weighted by Gasteiger charge is 2.20. The van der Waals surface area contributed by atoms with Crippen molar-refractivity contribution in [1.82, 2.24) is 4.98 Å². The summed E-state index contributed by atoms with van der Waals surface area (Å²) in [5, 5.41) is 0. The van der Waals surface area contributed by atoms with E-state index in [2.05, 4.69) is 44.3 Å². The van der Waals surface area contributed by atoms with Gasteiger partial charge in [-0.2, -0.15) is 0 Å². The van der Waals surface area contributed by atoms with Gasteiger partial charge in [-0.25, -0.2) is 0 Å². The fraction of sp³-hybridized carbons (Fsp3) is 0.542. The summed E-state index contributed by atoms with van der Waals surface area (Å²) >= 11 is 0. The predicted octanol–water partition coefficient (Wildman–Crippen LogP) is 6.69. The summed E-state index contributed by atoms with van der Waals surface area (Å²) in [4.78, 5) is 4.69. The van der Waals surface area contributed by atoms with Gasteiger partial charge < -0.3 is 4.74 Å². The molecule has 0 aliphatic heterocycles. The fourth-order valence-corrected chi connectivity index (χ4v) is 4.09. The van der Waals surface area contributed by atoms with E-state index in [1.165, 1.54) is 44.1 Å². The SMILES string of the molecule is CCCOc1ccc(-c2ccc(CCC3CCCC(CC)C3)cn2)cc1. The van der Waals surface area contributed by atoms with Gasteiger partial charge in [0.2, 0.25) is 0 Å². The number of rotatable bonds is 8. The maximum atomic E-state index is 5.65. The third kappa shape index (κ3) is 5.33. The third-order valence-electron chi connectivity index (χ3n) is 5.76. The molecule has 1 fully saturated rings. The van der Waals surface area contributed by atoms with Crippen molar-refractivity contribution in [3.63, 3.8) is 0 Å². The Labute approximate surface area is 159 Å². The zero-order chi connectivity index (χ0) is 18.2. The van der Waals surface area contributed by atoms with Gasteiger partial charge in [-0.1, -0.05) is 45.6 Å². The fourth-order valence-electron chi connectivity index (χ4n) is 4.09. The molecule has 0 bridgehead atoms. The van der Waals surface area contributed by atoms with Gasteiger partial charge >= 0.3 is 0 Å². The Morgan fingerprint density at radius 2 is 1.81 bits per heavy atom. The van der Waals surface area contributed by atoms with Crippen LogP contribution in [0.3, 0.4) is 0 Å².